The highest BCUT2D eigenvalue weighted by Crippen LogP contribution is 2.30. The molecule has 1 aromatic heterocycles. The molecule has 0 bridgehead atoms. The fourth-order valence-corrected chi connectivity index (χ4v) is 3.02. The average Bonchev–Trinajstić information content (AvgIpc) is 3.22. The monoisotopic (exact) mass is 430 g/mol. The maximum Gasteiger partial charge on any atom is 0.296 e. The summed E-state index contributed by atoms with van der Waals surface area (Å²) in [5.41, 5.74) is 0.544. The molecule has 3 rings (SSSR count). The lowest BCUT2D eigenvalue weighted by molar-refractivity contribution is -0.384. The normalized spacial score (nSPS) is 10.5. The molecular formula is C19H18N4O6S. The summed E-state index contributed by atoms with van der Waals surface area (Å²) in [6, 6.07) is 11.3. The zero-order valence-electron chi connectivity index (χ0n) is 16.2. The third-order valence-corrected chi connectivity index (χ3v) is 4.64. The molecule has 2 aromatic carbocycles. The van der Waals surface area contributed by atoms with Gasteiger partial charge in [-0.3, -0.25) is 14.9 Å². The number of benzene rings is 2. The Morgan fingerprint density at radius 3 is 2.60 bits per heavy atom. The zero-order chi connectivity index (χ0) is 21.5. The van der Waals surface area contributed by atoms with Gasteiger partial charge in [0.1, 0.15) is 17.2 Å². The Balaban J connectivity index is 1.61. The van der Waals surface area contributed by atoms with Crippen molar-refractivity contribution in [1.29, 1.82) is 0 Å². The number of anilines is 1. The molecule has 156 valence electrons. The van der Waals surface area contributed by atoms with E-state index in [1.54, 1.807) is 44.4 Å². The Kier molecular flexibility index (Phi) is 6.86. The molecule has 0 saturated carbocycles. The summed E-state index contributed by atoms with van der Waals surface area (Å²) in [4.78, 5) is 22.9. The lowest BCUT2D eigenvalue weighted by Gasteiger charge is -2.07. The van der Waals surface area contributed by atoms with Crippen LogP contribution in [-0.4, -0.2) is 40.5 Å². The molecule has 11 heteroatoms. The van der Waals surface area contributed by atoms with E-state index in [9.17, 15) is 14.9 Å². The first kappa shape index (κ1) is 21.1. The molecular weight excluding hydrogens is 412 g/mol. The van der Waals surface area contributed by atoms with Crippen LogP contribution in [0, 0.1) is 10.1 Å². The number of hydrogen-bond acceptors (Lipinski definition) is 9. The average molecular weight is 430 g/mol. The van der Waals surface area contributed by atoms with Crippen molar-refractivity contribution in [3.8, 4) is 23.0 Å². The first-order chi connectivity index (χ1) is 14.5. The van der Waals surface area contributed by atoms with Crippen LogP contribution >= 0.6 is 11.8 Å². The molecule has 0 atom stereocenters. The molecule has 0 spiro atoms. The van der Waals surface area contributed by atoms with Crippen LogP contribution in [0.25, 0.3) is 11.5 Å². The molecule has 30 heavy (non-hydrogen) atoms. The Morgan fingerprint density at radius 1 is 1.20 bits per heavy atom. The fraction of sp³-hybridized carbons (Fsp3) is 0.211. The van der Waals surface area contributed by atoms with Crippen LogP contribution in [0.15, 0.2) is 52.1 Å². The number of methoxy groups -OCH3 is 1. The van der Waals surface area contributed by atoms with Crippen molar-refractivity contribution < 1.29 is 23.6 Å². The Morgan fingerprint density at radius 2 is 1.93 bits per heavy atom. The van der Waals surface area contributed by atoms with Crippen LogP contribution in [0.4, 0.5) is 11.4 Å². The summed E-state index contributed by atoms with van der Waals surface area (Å²) < 4.78 is 15.9. The number of nitro groups is 1. The van der Waals surface area contributed by atoms with Gasteiger partial charge in [-0.15, -0.1) is 10.2 Å². The molecule has 1 heterocycles. The van der Waals surface area contributed by atoms with Gasteiger partial charge in [-0.2, -0.15) is 0 Å². The molecule has 10 nitrogen and oxygen atoms in total. The molecule has 0 aliphatic rings. The van der Waals surface area contributed by atoms with Crippen molar-refractivity contribution in [1.82, 2.24) is 10.2 Å². The van der Waals surface area contributed by atoms with Gasteiger partial charge in [0.2, 0.25) is 11.8 Å². The summed E-state index contributed by atoms with van der Waals surface area (Å²) >= 11 is 1.02. The number of hydrogen-bond donors (Lipinski definition) is 1. The predicted octanol–water partition coefficient (Wildman–Crippen LogP) is 3.78. The van der Waals surface area contributed by atoms with E-state index in [0.29, 0.717) is 29.6 Å². The minimum atomic E-state index is -0.579. The molecule has 0 aliphatic heterocycles. The van der Waals surface area contributed by atoms with E-state index in [1.807, 2.05) is 0 Å². The van der Waals surface area contributed by atoms with E-state index in [1.165, 1.54) is 12.1 Å². The second-order valence-electron chi connectivity index (χ2n) is 5.81. The molecule has 0 unspecified atom stereocenters. The van der Waals surface area contributed by atoms with Crippen molar-refractivity contribution >= 4 is 29.0 Å². The van der Waals surface area contributed by atoms with Gasteiger partial charge >= 0.3 is 0 Å². The Hall–Kier alpha value is -3.60. The topological polar surface area (TPSA) is 130 Å². The van der Waals surface area contributed by atoms with Crippen molar-refractivity contribution in [3.63, 3.8) is 0 Å². The van der Waals surface area contributed by atoms with Crippen molar-refractivity contribution in [2.45, 2.75) is 12.1 Å². The fourth-order valence-electron chi connectivity index (χ4n) is 2.46. The predicted molar refractivity (Wildman–Crippen MR) is 110 cm³/mol. The number of rotatable bonds is 9. The van der Waals surface area contributed by atoms with Crippen LogP contribution in [0.5, 0.6) is 11.5 Å². The number of thioether (sulfide) groups is 1. The van der Waals surface area contributed by atoms with Gasteiger partial charge in [0.15, 0.2) is 0 Å². The standard InChI is InChI=1S/C19H18N4O6S/c1-3-28-14-8-9-15(16(10-14)23(25)26)20-17(24)11-30-19-22-21-18(29-19)12-4-6-13(27-2)7-5-12/h4-10H,3,11H2,1-2H3,(H,20,24). The number of carbonyl (C=O) groups is 1. The van der Waals surface area contributed by atoms with Gasteiger partial charge in [0, 0.05) is 5.56 Å². The Labute approximate surface area is 175 Å². The van der Waals surface area contributed by atoms with E-state index in [0.717, 1.165) is 11.8 Å². The second kappa shape index (κ2) is 9.74. The number of carbonyl (C=O) groups excluding carboxylic acids is 1. The van der Waals surface area contributed by atoms with Gasteiger partial charge in [0.05, 0.1) is 30.5 Å². The second-order valence-corrected chi connectivity index (χ2v) is 6.73. The van der Waals surface area contributed by atoms with E-state index >= 15 is 0 Å². The minimum Gasteiger partial charge on any atom is -0.497 e. The number of nitrogens with zero attached hydrogens (tertiary/aromatic N) is 3. The van der Waals surface area contributed by atoms with E-state index in [4.69, 9.17) is 13.9 Å². The van der Waals surface area contributed by atoms with E-state index in [2.05, 4.69) is 15.5 Å². The summed E-state index contributed by atoms with van der Waals surface area (Å²) in [7, 11) is 1.57. The van der Waals surface area contributed by atoms with Crippen molar-refractivity contribution in [2.24, 2.45) is 0 Å². The Bertz CT molecular complexity index is 1040. The van der Waals surface area contributed by atoms with Crippen LogP contribution in [-0.2, 0) is 4.79 Å². The van der Waals surface area contributed by atoms with E-state index < -0.39 is 10.8 Å². The largest absolute Gasteiger partial charge is 0.497 e. The lowest BCUT2D eigenvalue weighted by atomic mass is 10.2. The van der Waals surface area contributed by atoms with Gasteiger partial charge in [-0.05, 0) is 43.3 Å². The van der Waals surface area contributed by atoms with Crippen LogP contribution in [0.1, 0.15) is 6.92 Å². The third kappa shape index (κ3) is 5.26. The smallest absolute Gasteiger partial charge is 0.296 e. The quantitative estimate of drug-likeness (QED) is 0.306. The maximum atomic E-state index is 12.2. The zero-order valence-corrected chi connectivity index (χ0v) is 17.0. The number of nitrogens with one attached hydrogen (secondary N) is 1. The number of ether oxygens (including phenoxy) is 2. The van der Waals surface area contributed by atoms with Crippen LogP contribution < -0.4 is 14.8 Å². The highest BCUT2D eigenvalue weighted by molar-refractivity contribution is 7.99. The first-order valence-electron chi connectivity index (χ1n) is 8.82. The minimum absolute atomic E-state index is 0.0609. The van der Waals surface area contributed by atoms with Crippen molar-refractivity contribution in [2.75, 3.05) is 24.8 Å². The molecule has 3 aromatic rings. The first-order valence-corrected chi connectivity index (χ1v) is 9.80. The number of amides is 1. The third-order valence-electron chi connectivity index (χ3n) is 3.82. The van der Waals surface area contributed by atoms with Gasteiger partial charge in [-0.25, -0.2) is 0 Å². The SMILES string of the molecule is CCOc1ccc(NC(=O)CSc2nnc(-c3ccc(OC)cc3)o2)c([N+](=O)[O-])c1. The molecule has 0 saturated heterocycles. The summed E-state index contributed by atoms with van der Waals surface area (Å²) in [5.74, 6) is 0.856. The van der Waals surface area contributed by atoms with Gasteiger partial charge < -0.3 is 19.2 Å². The number of aromatic nitrogens is 2. The highest BCUT2D eigenvalue weighted by atomic mass is 32.2. The summed E-state index contributed by atoms with van der Waals surface area (Å²) in [6.07, 6.45) is 0. The molecule has 1 amide bonds. The summed E-state index contributed by atoms with van der Waals surface area (Å²) in [5, 5.41) is 21.9. The maximum absolute atomic E-state index is 12.2. The van der Waals surface area contributed by atoms with Crippen molar-refractivity contribution in [3.05, 3.63) is 52.6 Å². The highest BCUT2D eigenvalue weighted by Gasteiger charge is 2.18. The number of nitro benzene ring substituents is 1. The van der Waals surface area contributed by atoms with Crippen LogP contribution in [0.2, 0.25) is 0 Å². The van der Waals surface area contributed by atoms with Gasteiger partial charge in [0.25, 0.3) is 10.9 Å². The van der Waals surface area contributed by atoms with Crippen LogP contribution in [0.3, 0.4) is 0 Å². The lowest BCUT2D eigenvalue weighted by Crippen LogP contribution is -2.15. The van der Waals surface area contributed by atoms with E-state index in [-0.39, 0.29) is 22.4 Å². The summed E-state index contributed by atoms with van der Waals surface area (Å²) in [6.45, 7) is 2.15. The molecule has 0 fully saturated rings. The molecule has 0 radical (unpaired) electrons. The molecule has 1 N–H and O–H groups in total. The molecule has 0 aliphatic carbocycles. The van der Waals surface area contributed by atoms with Gasteiger partial charge in [-0.1, -0.05) is 11.8 Å².